The third-order valence-corrected chi connectivity index (χ3v) is 3.87. The Morgan fingerprint density at radius 1 is 1.33 bits per heavy atom. The highest BCUT2D eigenvalue weighted by molar-refractivity contribution is 14.0. The molecule has 21 heavy (non-hydrogen) atoms. The van der Waals surface area contributed by atoms with Crippen molar-refractivity contribution in [2.24, 2.45) is 10.9 Å². The van der Waals surface area contributed by atoms with Gasteiger partial charge in [0.25, 0.3) is 0 Å². The minimum atomic E-state index is 0. The van der Waals surface area contributed by atoms with E-state index in [0.29, 0.717) is 12.5 Å². The minimum absolute atomic E-state index is 0. The molecule has 122 valence electrons. The van der Waals surface area contributed by atoms with Gasteiger partial charge in [-0.1, -0.05) is 13.3 Å². The van der Waals surface area contributed by atoms with Crippen LogP contribution in [-0.4, -0.2) is 30.8 Å². The van der Waals surface area contributed by atoms with Gasteiger partial charge in [-0.15, -0.1) is 24.0 Å². The standard InChI is InChI=1S/C15H27N3OS.HI/c1-3-5-13(6-8-19)10-17-15(16-4-2)18-11-14-7-9-20-12-14;/h7,9,12-13,19H,3-6,8,10-11H2,1-2H3,(H2,16,17,18);1H. The molecular weight excluding hydrogens is 397 g/mol. The van der Waals surface area contributed by atoms with Crippen LogP contribution < -0.4 is 10.6 Å². The first-order chi connectivity index (χ1) is 9.80. The summed E-state index contributed by atoms with van der Waals surface area (Å²) >= 11 is 1.70. The summed E-state index contributed by atoms with van der Waals surface area (Å²) in [6.45, 7) is 6.93. The van der Waals surface area contributed by atoms with Gasteiger partial charge in [0.2, 0.25) is 0 Å². The fourth-order valence-electron chi connectivity index (χ4n) is 2.08. The fourth-order valence-corrected chi connectivity index (χ4v) is 2.73. The molecular formula is C15H28IN3OS. The van der Waals surface area contributed by atoms with E-state index in [1.54, 1.807) is 11.3 Å². The topological polar surface area (TPSA) is 56.6 Å². The Balaban J connectivity index is 0.00000400. The number of aliphatic imine (C=N–C) groups is 1. The Labute approximate surface area is 149 Å². The predicted octanol–water partition coefficient (Wildman–Crippen LogP) is 3.22. The highest BCUT2D eigenvalue weighted by Crippen LogP contribution is 2.09. The Kier molecular flexibility index (Phi) is 13.1. The van der Waals surface area contributed by atoms with Gasteiger partial charge in [0.05, 0.1) is 6.54 Å². The van der Waals surface area contributed by atoms with Crippen LogP contribution in [0.15, 0.2) is 21.8 Å². The number of aliphatic hydroxyl groups excluding tert-OH is 1. The fraction of sp³-hybridized carbons (Fsp3) is 0.667. The van der Waals surface area contributed by atoms with E-state index in [2.05, 4.69) is 46.3 Å². The second-order valence-corrected chi connectivity index (χ2v) is 5.65. The lowest BCUT2D eigenvalue weighted by molar-refractivity contribution is 0.251. The number of nitrogens with zero attached hydrogens (tertiary/aromatic N) is 1. The Hall–Kier alpha value is -0.340. The number of aliphatic hydroxyl groups is 1. The summed E-state index contributed by atoms with van der Waals surface area (Å²) < 4.78 is 0. The number of guanidine groups is 1. The Bertz CT molecular complexity index is 365. The van der Waals surface area contributed by atoms with Gasteiger partial charge in [-0.3, -0.25) is 0 Å². The van der Waals surface area contributed by atoms with E-state index in [9.17, 15) is 0 Å². The van der Waals surface area contributed by atoms with E-state index < -0.39 is 0 Å². The normalized spacial score (nSPS) is 12.6. The van der Waals surface area contributed by atoms with E-state index in [1.807, 2.05) is 0 Å². The van der Waals surface area contributed by atoms with Gasteiger partial charge in [-0.2, -0.15) is 11.3 Å². The molecule has 0 aliphatic heterocycles. The maximum absolute atomic E-state index is 9.09. The lowest BCUT2D eigenvalue weighted by Gasteiger charge is -2.18. The Morgan fingerprint density at radius 2 is 2.14 bits per heavy atom. The average Bonchev–Trinajstić information content (AvgIpc) is 2.95. The van der Waals surface area contributed by atoms with Crippen LogP contribution in [-0.2, 0) is 6.54 Å². The van der Waals surface area contributed by atoms with Crippen LogP contribution in [0.1, 0.15) is 38.7 Å². The molecule has 0 amide bonds. The van der Waals surface area contributed by atoms with Crippen molar-refractivity contribution in [3.8, 4) is 0 Å². The molecule has 1 atom stereocenters. The number of hydrogen-bond donors (Lipinski definition) is 3. The van der Waals surface area contributed by atoms with Crippen molar-refractivity contribution >= 4 is 41.3 Å². The van der Waals surface area contributed by atoms with Gasteiger partial charge >= 0.3 is 0 Å². The predicted molar refractivity (Wildman–Crippen MR) is 103 cm³/mol. The molecule has 6 heteroatoms. The summed E-state index contributed by atoms with van der Waals surface area (Å²) in [7, 11) is 0. The van der Waals surface area contributed by atoms with Crippen molar-refractivity contribution in [3.05, 3.63) is 22.4 Å². The number of hydrogen-bond acceptors (Lipinski definition) is 3. The molecule has 1 rings (SSSR count). The molecule has 1 unspecified atom stereocenters. The molecule has 1 aromatic rings. The van der Waals surface area contributed by atoms with Crippen LogP contribution in [0.5, 0.6) is 0 Å². The minimum Gasteiger partial charge on any atom is -0.396 e. The molecule has 3 N–H and O–H groups in total. The quantitative estimate of drug-likeness (QED) is 0.324. The molecule has 0 aromatic carbocycles. The molecule has 0 saturated heterocycles. The van der Waals surface area contributed by atoms with Crippen LogP contribution in [0.2, 0.25) is 0 Å². The molecule has 0 aliphatic carbocycles. The van der Waals surface area contributed by atoms with Gasteiger partial charge in [0.15, 0.2) is 5.96 Å². The maximum Gasteiger partial charge on any atom is 0.191 e. The van der Waals surface area contributed by atoms with E-state index in [1.165, 1.54) is 5.56 Å². The molecule has 1 heterocycles. The van der Waals surface area contributed by atoms with Crippen LogP contribution in [0.25, 0.3) is 0 Å². The van der Waals surface area contributed by atoms with Crippen molar-refractivity contribution in [2.75, 3.05) is 19.7 Å². The number of rotatable bonds is 9. The van der Waals surface area contributed by atoms with Gasteiger partial charge in [0, 0.05) is 19.7 Å². The van der Waals surface area contributed by atoms with Crippen LogP contribution in [0, 0.1) is 5.92 Å². The van der Waals surface area contributed by atoms with Crippen LogP contribution in [0.3, 0.4) is 0 Å². The first-order valence-corrected chi connectivity index (χ1v) is 8.38. The zero-order valence-corrected chi connectivity index (χ0v) is 16.1. The molecule has 0 bridgehead atoms. The molecule has 0 fully saturated rings. The molecule has 0 radical (unpaired) electrons. The second-order valence-electron chi connectivity index (χ2n) is 4.87. The van der Waals surface area contributed by atoms with Crippen molar-refractivity contribution in [2.45, 2.75) is 39.7 Å². The molecule has 0 aliphatic rings. The van der Waals surface area contributed by atoms with Crippen molar-refractivity contribution in [3.63, 3.8) is 0 Å². The maximum atomic E-state index is 9.09. The third-order valence-electron chi connectivity index (χ3n) is 3.14. The number of halogens is 1. The molecule has 4 nitrogen and oxygen atoms in total. The number of thiophene rings is 1. The summed E-state index contributed by atoms with van der Waals surface area (Å²) in [5.74, 6) is 1.37. The van der Waals surface area contributed by atoms with Gasteiger partial charge in [-0.05, 0) is 48.1 Å². The highest BCUT2D eigenvalue weighted by atomic mass is 127. The van der Waals surface area contributed by atoms with Gasteiger partial charge in [-0.25, -0.2) is 4.99 Å². The summed E-state index contributed by atoms with van der Waals surface area (Å²) in [6.07, 6.45) is 3.14. The van der Waals surface area contributed by atoms with E-state index >= 15 is 0 Å². The summed E-state index contributed by atoms with van der Waals surface area (Å²) in [4.78, 5) is 4.59. The van der Waals surface area contributed by atoms with Crippen LogP contribution >= 0.6 is 35.3 Å². The largest absolute Gasteiger partial charge is 0.396 e. The first kappa shape index (κ1) is 20.7. The van der Waals surface area contributed by atoms with Crippen LogP contribution in [0.4, 0.5) is 0 Å². The lowest BCUT2D eigenvalue weighted by atomic mass is 10.0. The average molecular weight is 425 g/mol. The zero-order chi connectivity index (χ0) is 14.6. The zero-order valence-electron chi connectivity index (χ0n) is 13.0. The van der Waals surface area contributed by atoms with Crippen molar-refractivity contribution < 1.29 is 5.11 Å². The summed E-state index contributed by atoms with van der Waals surface area (Å²) in [5.41, 5.74) is 1.24. The van der Waals surface area contributed by atoms with E-state index in [-0.39, 0.29) is 30.6 Å². The smallest absolute Gasteiger partial charge is 0.191 e. The van der Waals surface area contributed by atoms with Gasteiger partial charge < -0.3 is 15.7 Å². The first-order valence-electron chi connectivity index (χ1n) is 7.44. The van der Waals surface area contributed by atoms with Crippen molar-refractivity contribution in [1.82, 2.24) is 10.6 Å². The van der Waals surface area contributed by atoms with Gasteiger partial charge in [0.1, 0.15) is 0 Å². The Morgan fingerprint density at radius 3 is 2.71 bits per heavy atom. The lowest BCUT2D eigenvalue weighted by Crippen LogP contribution is -2.40. The van der Waals surface area contributed by atoms with E-state index in [4.69, 9.17) is 5.11 Å². The summed E-state index contributed by atoms with van der Waals surface area (Å²) in [6, 6.07) is 2.10. The highest BCUT2D eigenvalue weighted by Gasteiger charge is 2.08. The monoisotopic (exact) mass is 425 g/mol. The molecule has 0 saturated carbocycles. The SMILES string of the molecule is CCCC(CCO)CNC(=NCc1ccsc1)NCC.I. The second kappa shape index (κ2) is 13.3. The summed E-state index contributed by atoms with van der Waals surface area (Å²) in [5, 5.41) is 19.9. The molecule has 1 aromatic heterocycles. The van der Waals surface area contributed by atoms with E-state index in [0.717, 1.165) is 38.3 Å². The number of nitrogens with one attached hydrogen (secondary N) is 2. The molecule has 0 spiro atoms. The third kappa shape index (κ3) is 9.31. The van der Waals surface area contributed by atoms with Crippen molar-refractivity contribution in [1.29, 1.82) is 0 Å².